The van der Waals surface area contributed by atoms with Gasteiger partial charge in [0.25, 0.3) is 5.91 Å². The molecule has 0 saturated carbocycles. The van der Waals surface area contributed by atoms with Gasteiger partial charge in [-0.3, -0.25) is 19.6 Å². The minimum Gasteiger partial charge on any atom is -0.477 e. The highest BCUT2D eigenvalue weighted by atomic mass is 19.1. The first-order valence-electron chi connectivity index (χ1n) is 7.49. The third kappa shape index (κ3) is 4.52. The quantitative estimate of drug-likeness (QED) is 0.660. The summed E-state index contributed by atoms with van der Waals surface area (Å²) in [7, 11) is 1.68. The maximum Gasteiger partial charge on any atom is 0.311 e. The third-order valence-corrected chi connectivity index (χ3v) is 3.39. The molecule has 0 saturated heterocycles. The fourth-order valence-corrected chi connectivity index (χ4v) is 2.03. The standard InChI is InChI=1S/C16H19FN4O4/c1-16(2,3)13-8-14(20(4)19-13)18-15(22)9-25-12-7-10(17)5-6-11(12)21(23)24/h5-8H,9H2,1-4H3,(H,18,22). The second-order valence-corrected chi connectivity index (χ2v) is 6.49. The number of carbonyl (C=O) groups excluding carboxylic acids is 1. The number of anilines is 1. The summed E-state index contributed by atoms with van der Waals surface area (Å²) < 4.78 is 19.9. The summed E-state index contributed by atoms with van der Waals surface area (Å²) in [5.74, 6) is -1.07. The maximum atomic E-state index is 13.2. The lowest BCUT2D eigenvalue weighted by Crippen LogP contribution is -2.21. The van der Waals surface area contributed by atoms with Gasteiger partial charge >= 0.3 is 5.69 Å². The number of nitrogens with zero attached hydrogens (tertiary/aromatic N) is 3. The van der Waals surface area contributed by atoms with E-state index in [1.54, 1.807) is 13.1 Å². The van der Waals surface area contributed by atoms with Gasteiger partial charge in [0.05, 0.1) is 10.6 Å². The van der Waals surface area contributed by atoms with E-state index in [0.29, 0.717) is 5.82 Å². The number of halogens is 1. The Bertz CT molecular complexity index is 811. The predicted octanol–water partition coefficient (Wildman–Crippen LogP) is 2.78. The highest BCUT2D eigenvalue weighted by molar-refractivity contribution is 5.91. The van der Waals surface area contributed by atoms with Gasteiger partial charge in [-0.2, -0.15) is 5.10 Å². The molecule has 0 aliphatic carbocycles. The van der Waals surface area contributed by atoms with E-state index in [0.717, 1.165) is 23.9 Å². The van der Waals surface area contributed by atoms with E-state index >= 15 is 0 Å². The van der Waals surface area contributed by atoms with Crippen LogP contribution in [0, 0.1) is 15.9 Å². The van der Waals surface area contributed by atoms with Gasteiger partial charge in [0, 0.05) is 30.7 Å². The summed E-state index contributed by atoms with van der Waals surface area (Å²) in [5.41, 5.74) is 0.205. The molecule has 0 bridgehead atoms. The minimum atomic E-state index is -0.705. The van der Waals surface area contributed by atoms with E-state index in [2.05, 4.69) is 10.4 Å². The molecule has 25 heavy (non-hydrogen) atoms. The number of aromatic nitrogens is 2. The molecule has 1 aromatic heterocycles. The van der Waals surface area contributed by atoms with E-state index in [1.807, 2.05) is 20.8 Å². The first-order chi connectivity index (χ1) is 11.6. The summed E-state index contributed by atoms with van der Waals surface area (Å²) in [4.78, 5) is 22.2. The molecule has 2 aromatic rings. The fraction of sp³-hybridized carbons (Fsp3) is 0.375. The molecule has 0 unspecified atom stereocenters. The number of nitro groups is 1. The fourth-order valence-electron chi connectivity index (χ4n) is 2.03. The molecule has 0 spiro atoms. The van der Waals surface area contributed by atoms with E-state index in [-0.39, 0.29) is 11.2 Å². The molecule has 1 heterocycles. The number of aryl methyl sites for hydroxylation is 1. The highest BCUT2D eigenvalue weighted by Crippen LogP contribution is 2.27. The molecule has 2 rings (SSSR count). The lowest BCUT2D eigenvalue weighted by Gasteiger charge is -2.13. The summed E-state index contributed by atoms with van der Waals surface area (Å²) in [5, 5.41) is 17.8. The SMILES string of the molecule is Cn1nc(C(C)(C)C)cc1NC(=O)COc1cc(F)ccc1[N+](=O)[O-]. The van der Waals surface area contributed by atoms with Crippen molar-refractivity contribution in [3.63, 3.8) is 0 Å². The first kappa shape index (κ1) is 18.4. The second kappa shape index (κ2) is 6.88. The van der Waals surface area contributed by atoms with E-state index in [1.165, 1.54) is 4.68 Å². The number of carbonyl (C=O) groups is 1. The number of hydrogen-bond donors (Lipinski definition) is 1. The Morgan fingerprint density at radius 3 is 2.64 bits per heavy atom. The zero-order valence-corrected chi connectivity index (χ0v) is 14.4. The van der Waals surface area contributed by atoms with E-state index in [4.69, 9.17) is 4.74 Å². The van der Waals surface area contributed by atoms with Crippen LogP contribution in [0.5, 0.6) is 5.75 Å². The maximum absolute atomic E-state index is 13.2. The van der Waals surface area contributed by atoms with Crippen molar-refractivity contribution in [2.24, 2.45) is 7.05 Å². The van der Waals surface area contributed by atoms with Gasteiger partial charge in [-0.15, -0.1) is 0 Å². The number of hydrogen-bond acceptors (Lipinski definition) is 5. The number of amides is 1. The lowest BCUT2D eigenvalue weighted by atomic mass is 9.92. The third-order valence-electron chi connectivity index (χ3n) is 3.39. The van der Waals surface area contributed by atoms with E-state index < -0.39 is 28.9 Å². The average molecular weight is 350 g/mol. The summed E-state index contributed by atoms with van der Waals surface area (Å²) in [6.45, 7) is 5.48. The number of nitro benzene ring substituents is 1. The first-order valence-corrected chi connectivity index (χ1v) is 7.49. The highest BCUT2D eigenvalue weighted by Gasteiger charge is 2.20. The minimum absolute atomic E-state index is 0.181. The van der Waals surface area contributed by atoms with Crippen molar-refractivity contribution >= 4 is 17.4 Å². The predicted molar refractivity (Wildman–Crippen MR) is 89.1 cm³/mol. The van der Waals surface area contributed by atoms with Crippen LogP contribution < -0.4 is 10.1 Å². The molecule has 8 nitrogen and oxygen atoms in total. The van der Waals surface area contributed by atoms with Crippen molar-refractivity contribution in [1.29, 1.82) is 0 Å². The van der Waals surface area contributed by atoms with Crippen LogP contribution in [0.3, 0.4) is 0 Å². The smallest absolute Gasteiger partial charge is 0.311 e. The van der Waals surface area contributed by atoms with Crippen molar-refractivity contribution in [2.45, 2.75) is 26.2 Å². The Balaban J connectivity index is 2.06. The van der Waals surface area contributed by atoms with Crippen LogP contribution >= 0.6 is 0 Å². The average Bonchev–Trinajstić information content (AvgIpc) is 2.86. The van der Waals surface area contributed by atoms with Crippen molar-refractivity contribution in [1.82, 2.24) is 9.78 Å². The molecule has 1 amide bonds. The molecule has 9 heteroatoms. The molecular weight excluding hydrogens is 331 g/mol. The second-order valence-electron chi connectivity index (χ2n) is 6.49. The molecule has 0 radical (unpaired) electrons. The number of ether oxygens (including phenoxy) is 1. The lowest BCUT2D eigenvalue weighted by molar-refractivity contribution is -0.385. The molecule has 0 atom stereocenters. The van der Waals surface area contributed by atoms with Crippen LogP contribution in [-0.2, 0) is 17.3 Å². The number of rotatable bonds is 5. The molecule has 0 aliphatic rings. The topological polar surface area (TPSA) is 99.3 Å². The van der Waals surface area contributed by atoms with Gasteiger partial charge in [-0.05, 0) is 6.07 Å². The van der Waals surface area contributed by atoms with Gasteiger partial charge in [-0.25, -0.2) is 4.39 Å². The van der Waals surface area contributed by atoms with Gasteiger partial charge in [-0.1, -0.05) is 20.8 Å². The number of nitrogens with one attached hydrogen (secondary N) is 1. The van der Waals surface area contributed by atoms with Crippen molar-refractivity contribution in [3.8, 4) is 5.75 Å². The van der Waals surface area contributed by atoms with E-state index in [9.17, 15) is 19.3 Å². The van der Waals surface area contributed by atoms with Crippen LogP contribution in [0.25, 0.3) is 0 Å². The Morgan fingerprint density at radius 2 is 2.08 bits per heavy atom. The summed E-state index contributed by atoms with van der Waals surface area (Å²) in [6, 6.07) is 4.55. The largest absolute Gasteiger partial charge is 0.477 e. The van der Waals surface area contributed by atoms with Gasteiger partial charge < -0.3 is 10.1 Å². The van der Waals surface area contributed by atoms with Gasteiger partial charge in [0.1, 0.15) is 11.6 Å². The van der Waals surface area contributed by atoms with Gasteiger partial charge in [0.15, 0.2) is 6.61 Å². The van der Waals surface area contributed by atoms with Crippen LogP contribution in [-0.4, -0.2) is 27.2 Å². The number of benzene rings is 1. The Hall–Kier alpha value is -2.97. The molecule has 0 fully saturated rings. The zero-order chi connectivity index (χ0) is 18.8. The zero-order valence-electron chi connectivity index (χ0n) is 14.4. The molecule has 134 valence electrons. The molecule has 1 N–H and O–H groups in total. The van der Waals surface area contributed by atoms with Crippen molar-refractivity contribution in [2.75, 3.05) is 11.9 Å². The summed E-state index contributed by atoms with van der Waals surface area (Å²) in [6.07, 6.45) is 0. The Labute approximate surface area is 143 Å². The Morgan fingerprint density at radius 1 is 1.40 bits per heavy atom. The molecule has 1 aromatic carbocycles. The van der Waals surface area contributed by atoms with Gasteiger partial charge in [0.2, 0.25) is 5.75 Å². The van der Waals surface area contributed by atoms with Crippen molar-refractivity contribution < 1.29 is 18.8 Å². The van der Waals surface area contributed by atoms with Crippen LogP contribution in [0.1, 0.15) is 26.5 Å². The normalized spacial score (nSPS) is 11.2. The monoisotopic (exact) mass is 350 g/mol. The van der Waals surface area contributed by atoms with Crippen LogP contribution in [0.4, 0.5) is 15.9 Å². The molecular formula is C16H19FN4O4. The van der Waals surface area contributed by atoms with Crippen LogP contribution in [0.2, 0.25) is 0 Å². The van der Waals surface area contributed by atoms with Crippen molar-refractivity contribution in [3.05, 3.63) is 45.9 Å². The van der Waals surface area contributed by atoms with Crippen LogP contribution in [0.15, 0.2) is 24.3 Å². The summed E-state index contributed by atoms with van der Waals surface area (Å²) >= 11 is 0. The Kier molecular flexibility index (Phi) is 5.05. The molecule has 0 aliphatic heterocycles.